The summed E-state index contributed by atoms with van der Waals surface area (Å²) >= 11 is 0. The monoisotopic (exact) mass is 262 g/mol. The van der Waals surface area contributed by atoms with Crippen LogP contribution >= 0.6 is 0 Å². The maximum Gasteiger partial charge on any atom is 0.321 e. The maximum atomic E-state index is 11.8. The number of benzene rings is 1. The number of anilines is 1. The van der Waals surface area contributed by atoms with Crippen LogP contribution in [0.4, 0.5) is 10.5 Å². The molecule has 0 aromatic heterocycles. The normalized spacial score (nSPS) is 11.3. The van der Waals surface area contributed by atoms with E-state index in [1.165, 1.54) is 4.90 Å². The van der Waals surface area contributed by atoms with Gasteiger partial charge in [-0.15, -0.1) is 6.42 Å². The molecule has 19 heavy (non-hydrogen) atoms. The highest BCUT2D eigenvalue weighted by Gasteiger charge is 2.14. The summed E-state index contributed by atoms with van der Waals surface area (Å²) in [5.41, 5.74) is 0.648. The molecular formula is C14H18N2O3. The molecule has 5 heteroatoms. The summed E-state index contributed by atoms with van der Waals surface area (Å²) in [6.45, 7) is 1.89. The number of rotatable bonds is 5. The number of nitrogens with one attached hydrogen (secondary N) is 1. The second-order valence-electron chi connectivity index (χ2n) is 4.09. The molecule has 1 atom stereocenters. The van der Waals surface area contributed by atoms with Crippen molar-refractivity contribution < 1.29 is 14.6 Å². The maximum absolute atomic E-state index is 11.8. The van der Waals surface area contributed by atoms with Crippen LogP contribution in [-0.2, 0) is 0 Å². The molecule has 0 spiro atoms. The first-order valence-corrected chi connectivity index (χ1v) is 5.89. The van der Waals surface area contributed by atoms with Gasteiger partial charge in [0.15, 0.2) is 0 Å². The third-order valence-corrected chi connectivity index (χ3v) is 2.67. The van der Waals surface area contributed by atoms with Crippen LogP contribution in [0.15, 0.2) is 24.3 Å². The van der Waals surface area contributed by atoms with Crippen LogP contribution < -0.4 is 10.1 Å². The number of nitrogens with zero attached hydrogens (tertiary/aromatic N) is 1. The van der Waals surface area contributed by atoms with E-state index >= 15 is 0 Å². The number of urea groups is 1. The molecule has 1 unspecified atom stereocenters. The minimum atomic E-state index is -0.279. The number of carbonyl (C=O) groups is 1. The fraction of sp³-hybridized carbons (Fsp3) is 0.357. The van der Waals surface area contributed by atoms with E-state index < -0.39 is 0 Å². The van der Waals surface area contributed by atoms with Crippen molar-refractivity contribution in [3.05, 3.63) is 24.3 Å². The van der Waals surface area contributed by atoms with Gasteiger partial charge in [-0.05, 0) is 31.2 Å². The Bertz CT molecular complexity index is 451. The van der Waals surface area contributed by atoms with Crippen LogP contribution in [0.2, 0.25) is 0 Å². The van der Waals surface area contributed by atoms with Gasteiger partial charge >= 0.3 is 6.03 Å². The Morgan fingerprint density at radius 1 is 1.53 bits per heavy atom. The second kappa shape index (κ2) is 7.29. The zero-order chi connectivity index (χ0) is 14.3. The summed E-state index contributed by atoms with van der Waals surface area (Å²) in [5, 5.41) is 11.7. The van der Waals surface area contributed by atoms with Crippen molar-refractivity contribution in [2.24, 2.45) is 0 Å². The van der Waals surface area contributed by atoms with Gasteiger partial charge < -0.3 is 20.1 Å². The van der Waals surface area contributed by atoms with E-state index in [0.717, 1.165) is 0 Å². The average molecular weight is 262 g/mol. The van der Waals surface area contributed by atoms with Crippen molar-refractivity contribution in [1.29, 1.82) is 0 Å². The minimum absolute atomic E-state index is 0.0806. The summed E-state index contributed by atoms with van der Waals surface area (Å²) < 4.78 is 5.23. The van der Waals surface area contributed by atoms with Crippen LogP contribution in [0, 0.1) is 12.3 Å². The molecule has 0 aliphatic carbocycles. The van der Waals surface area contributed by atoms with Crippen molar-refractivity contribution in [3.8, 4) is 18.1 Å². The third kappa shape index (κ3) is 4.53. The molecule has 0 bridgehead atoms. The van der Waals surface area contributed by atoms with Gasteiger partial charge in [-0.25, -0.2) is 4.79 Å². The van der Waals surface area contributed by atoms with Crippen LogP contribution in [-0.4, -0.2) is 42.3 Å². The van der Waals surface area contributed by atoms with E-state index in [1.807, 2.05) is 0 Å². The average Bonchev–Trinajstić information content (AvgIpc) is 2.44. The number of carbonyl (C=O) groups excluding carboxylic acids is 1. The van der Waals surface area contributed by atoms with Crippen LogP contribution in [0.1, 0.15) is 6.92 Å². The number of likely N-dealkylation sites (N-methyl/N-ethyl adjacent to an activating group) is 1. The number of terminal acetylenes is 1. The largest absolute Gasteiger partial charge is 0.481 e. The molecular weight excluding hydrogens is 244 g/mol. The fourth-order valence-corrected chi connectivity index (χ4v) is 1.29. The molecule has 0 fully saturated rings. The topological polar surface area (TPSA) is 61.8 Å². The lowest BCUT2D eigenvalue weighted by Crippen LogP contribution is -2.40. The van der Waals surface area contributed by atoms with Crippen LogP contribution in [0.5, 0.6) is 5.75 Å². The molecule has 0 saturated heterocycles. The van der Waals surface area contributed by atoms with Gasteiger partial charge in [0.25, 0.3) is 0 Å². The lowest BCUT2D eigenvalue weighted by Gasteiger charge is -2.23. The first-order valence-electron chi connectivity index (χ1n) is 5.89. The summed E-state index contributed by atoms with van der Waals surface area (Å²) in [7, 11) is 1.63. The lowest BCUT2D eigenvalue weighted by atomic mass is 10.3. The van der Waals surface area contributed by atoms with E-state index in [-0.39, 0.29) is 25.3 Å². The standard InChI is InChI=1S/C14H18N2O3/c1-4-9-19-13-7-5-12(6-8-13)15-14(18)16(3)11(2)10-17/h1,5-8,11,17H,9-10H2,2-3H3,(H,15,18). The molecule has 2 N–H and O–H groups in total. The quantitative estimate of drug-likeness (QED) is 0.791. The predicted octanol–water partition coefficient (Wildman–Crippen LogP) is 1.54. The van der Waals surface area contributed by atoms with Gasteiger partial charge in [0.1, 0.15) is 12.4 Å². The molecule has 102 valence electrons. The van der Waals surface area contributed by atoms with Gasteiger partial charge in [-0.1, -0.05) is 5.92 Å². The Kier molecular flexibility index (Phi) is 5.71. The number of aliphatic hydroxyl groups excluding tert-OH is 1. The Labute approximate surface area is 113 Å². The van der Waals surface area contributed by atoms with E-state index in [0.29, 0.717) is 11.4 Å². The van der Waals surface area contributed by atoms with Crippen molar-refractivity contribution in [2.75, 3.05) is 25.6 Å². The Hall–Kier alpha value is -2.19. The zero-order valence-electron chi connectivity index (χ0n) is 11.1. The highest BCUT2D eigenvalue weighted by Crippen LogP contribution is 2.16. The number of amides is 2. The number of hydrogen-bond donors (Lipinski definition) is 2. The van der Waals surface area contributed by atoms with Crippen molar-refractivity contribution >= 4 is 11.7 Å². The molecule has 0 aliphatic heterocycles. The Morgan fingerprint density at radius 2 is 2.16 bits per heavy atom. The lowest BCUT2D eigenvalue weighted by molar-refractivity contribution is 0.166. The van der Waals surface area contributed by atoms with E-state index in [1.54, 1.807) is 38.2 Å². The van der Waals surface area contributed by atoms with Gasteiger partial charge in [0.05, 0.1) is 12.6 Å². The summed E-state index contributed by atoms with van der Waals surface area (Å²) in [5.74, 6) is 3.02. The molecule has 0 saturated carbocycles. The second-order valence-corrected chi connectivity index (χ2v) is 4.09. The zero-order valence-corrected chi connectivity index (χ0v) is 11.1. The van der Waals surface area contributed by atoms with Gasteiger partial charge in [0, 0.05) is 12.7 Å². The third-order valence-electron chi connectivity index (χ3n) is 2.67. The molecule has 0 radical (unpaired) electrons. The summed E-state index contributed by atoms with van der Waals surface area (Å²) in [4.78, 5) is 13.2. The smallest absolute Gasteiger partial charge is 0.321 e. The Balaban J connectivity index is 2.58. The van der Waals surface area contributed by atoms with Crippen molar-refractivity contribution in [1.82, 2.24) is 4.90 Å². The minimum Gasteiger partial charge on any atom is -0.481 e. The number of aliphatic hydroxyl groups is 1. The van der Waals surface area contributed by atoms with Crippen molar-refractivity contribution in [3.63, 3.8) is 0 Å². The molecule has 1 aromatic carbocycles. The first-order chi connectivity index (χ1) is 9.08. The molecule has 0 aliphatic rings. The number of hydrogen-bond acceptors (Lipinski definition) is 3. The van der Waals surface area contributed by atoms with E-state index in [4.69, 9.17) is 16.3 Å². The van der Waals surface area contributed by atoms with Crippen LogP contribution in [0.3, 0.4) is 0 Å². The fourth-order valence-electron chi connectivity index (χ4n) is 1.29. The highest BCUT2D eigenvalue weighted by atomic mass is 16.5. The van der Waals surface area contributed by atoms with E-state index in [2.05, 4.69) is 11.2 Å². The first kappa shape index (κ1) is 14.9. The van der Waals surface area contributed by atoms with Crippen molar-refractivity contribution in [2.45, 2.75) is 13.0 Å². The molecule has 5 nitrogen and oxygen atoms in total. The highest BCUT2D eigenvalue weighted by molar-refractivity contribution is 5.89. The SMILES string of the molecule is C#CCOc1ccc(NC(=O)N(C)C(C)CO)cc1. The van der Waals surface area contributed by atoms with Gasteiger partial charge in [-0.3, -0.25) is 0 Å². The van der Waals surface area contributed by atoms with Gasteiger partial charge in [0.2, 0.25) is 0 Å². The molecule has 2 amide bonds. The van der Waals surface area contributed by atoms with Crippen LogP contribution in [0.25, 0.3) is 0 Å². The Morgan fingerprint density at radius 3 is 2.68 bits per heavy atom. The number of ether oxygens (including phenoxy) is 1. The van der Waals surface area contributed by atoms with E-state index in [9.17, 15) is 4.79 Å². The molecule has 1 aromatic rings. The van der Waals surface area contributed by atoms with Gasteiger partial charge in [-0.2, -0.15) is 0 Å². The summed E-state index contributed by atoms with van der Waals surface area (Å²) in [6, 6.07) is 6.38. The molecule has 1 rings (SSSR count). The summed E-state index contributed by atoms with van der Waals surface area (Å²) in [6.07, 6.45) is 5.09. The predicted molar refractivity (Wildman–Crippen MR) is 74.1 cm³/mol. The molecule has 0 heterocycles.